The number of hydrogen-bond donors (Lipinski definition) is 1. The van der Waals surface area contributed by atoms with Crippen LogP contribution >= 0.6 is 0 Å². The molecular weight excluding hydrogens is 311 g/mol. The number of nitrogens with zero attached hydrogens (tertiary/aromatic N) is 1. The lowest BCUT2D eigenvalue weighted by Crippen LogP contribution is -2.25. The van der Waals surface area contributed by atoms with Crippen molar-refractivity contribution in [2.75, 3.05) is 7.05 Å². The van der Waals surface area contributed by atoms with Gasteiger partial charge in [0.25, 0.3) is 5.91 Å². The van der Waals surface area contributed by atoms with E-state index in [0.29, 0.717) is 16.9 Å². The summed E-state index contributed by atoms with van der Waals surface area (Å²) in [7, 11) is 1.41. The van der Waals surface area contributed by atoms with E-state index in [9.17, 15) is 14.0 Å². The first kappa shape index (κ1) is 15.7. The Balaban J connectivity index is 1.74. The number of carbonyl (C=O) groups is 2. The molecule has 0 aliphatic carbocycles. The third kappa shape index (κ3) is 3.27. The van der Waals surface area contributed by atoms with Gasteiger partial charge < -0.3 is 10.1 Å². The van der Waals surface area contributed by atoms with Gasteiger partial charge in [0, 0.05) is 12.6 Å². The van der Waals surface area contributed by atoms with E-state index >= 15 is 0 Å². The predicted octanol–water partition coefficient (Wildman–Crippen LogP) is 2.93. The highest BCUT2D eigenvalue weighted by Crippen LogP contribution is 2.19. The predicted molar refractivity (Wildman–Crippen MR) is 86.5 cm³/mol. The van der Waals surface area contributed by atoms with Crippen LogP contribution in [-0.2, 0) is 11.4 Å². The van der Waals surface area contributed by atoms with E-state index < -0.39 is 11.9 Å². The molecule has 0 saturated carbocycles. The zero-order valence-electron chi connectivity index (χ0n) is 13.0. The third-order valence-corrected chi connectivity index (χ3v) is 3.60. The number of urea groups is 1. The molecule has 0 spiro atoms. The van der Waals surface area contributed by atoms with Gasteiger partial charge in [-0.05, 0) is 29.8 Å². The Bertz CT molecular complexity index is 833. The van der Waals surface area contributed by atoms with Crippen molar-refractivity contribution in [1.29, 1.82) is 0 Å². The number of likely N-dealkylation sites (N-methyl/N-ethyl adjacent to an activating group) is 1. The highest BCUT2D eigenvalue weighted by Gasteiger charge is 2.29. The van der Waals surface area contributed by atoms with Gasteiger partial charge in [-0.1, -0.05) is 30.3 Å². The first-order valence-corrected chi connectivity index (χ1v) is 7.31. The topological polar surface area (TPSA) is 58.6 Å². The van der Waals surface area contributed by atoms with E-state index in [1.165, 1.54) is 13.1 Å². The zero-order chi connectivity index (χ0) is 17.1. The van der Waals surface area contributed by atoms with E-state index in [-0.39, 0.29) is 18.1 Å². The number of carbonyl (C=O) groups excluding carboxylic acids is 2. The molecule has 0 unspecified atom stereocenters. The molecule has 2 aromatic carbocycles. The number of rotatable bonds is 4. The monoisotopic (exact) mass is 326 g/mol. The second-order valence-corrected chi connectivity index (χ2v) is 5.30. The quantitative estimate of drug-likeness (QED) is 0.694. The maximum absolute atomic E-state index is 13.6. The minimum atomic E-state index is -0.460. The standard InChI is InChI=1S/C18H15FN2O3/c1-21-17(22)16(20-18(21)23)10-12-5-4-7-14(9-12)24-11-13-6-2-3-8-15(13)19/h2-10H,11H2,1H3,(H,20,23)/b16-10+. The average molecular weight is 326 g/mol. The number of ether oxygens (including phenoxy) is 1. The summed E-state index contributed by atoms with van der Waals surface area (Å²) in [5.74, 6) is -0.173. The van der Waals surface area contributed by atoms with Gasteiger partial charge >= 0.3 is 6.03 Å². The summed E-state index contributed by atoms with van der Waals surface area (Å²) in [6.45, 7) is 0.102. The molecule has 24 heavy (non-hydrogen) atoms. The average Bonchev–Trinajstić information content (AvgIpc) is 2.81. The molecule has 1 aliphatic rings. The van der Waals surface area contributed by atoms with Gasteiger partial charge in [0.2, 0.25) is 0 Å². The molecular formula is C18H15FN2O3. The van der Waals surface area contributed by atoms with E-state index in [4.69, 9.17) is 4.74 Å². The van der Waals surface area contributed by atoms with Gasteiger partial charge in [-0.15, -0.1) is 0 Å². The lowest BCUT2D eigenvalue weighted by molar-refractivity contribution is -0.121. The van der Waals surface area contributed by atoms with Crippen molar-refractivity contribution in [2.24, 2.45) is 0 Å². The highest BCUT2D eigenvalue weighted by atomic mass is 19.1. The molecule has 2 aromatic rings. The second kappa shape index (κ2) is 6.54. The molecule has 3 rings (SSSR count). The van der Waals surface area contributed by atoms with Crippen LogP contribution in [0.25, 0.3) is 6.08 Å². The summed E-state index contributed by atoms with van der Waals surface area (Å²) < 4.78 is 19.2. The Morgan fingerprint density at radius 3 is 2.67 bits per heavy atom. The van der Waals surface area contributed by atoms with Crippen molar-refractivity contribution in [2.45, 2.75) is 6.61 Å². The third-order valence-electron chi connectivity index (χ3n) is 3.60. The summed E-state index contributed by atoms with van der Waals surface area (Å²) in [5, 5.41) is 2.49. The van der Waals surface area contributed by atoms with Gasteiger partial charge in [-0.3, -0.25) is 9.69 Å². The normalized spacial score (nSPS) is 15.8. The van der Waals surface area contributed by atoms with Gasteiger partial charge in [0.1, 0.15) is 23.9 Å². The van der Waals surface area contributed by atoms with Crippen molar-refractivity contribution < 1.29 is 18.7 Å². The van der Waals surface area contributed by atoms with Gasteiger partial charge in [0.05, 0.1) is 0 Å². The van der Waals surface area contributed by atoms with Crippen LogP contribution in [0.5, 0.6) is 5.75 Å². The zero-order valence-corrected chi connectivity index (χ0v) is 13.0. The minimum Gasteiger partial charge on any atom is -0.489 e. The maximum atomic E-state index is 13.6. The van der Waals surface area contributed by atoms with E-state index in [0.717, 1.165) is 4.90 Å². The highest BCUT2D eigenvalue weighted by molar-refractivity contribution is 6.13. The van der Waals surface area contributed by atoms with Crippen LogP contribution in [0, 0.1) is 5.82 Å². The van der Waals surface area contributed by atoms with Crippen LogP contribution in [0.1, 0.15) is 11.1 Å². The van der Waals surface area contributed by atoms with Gasteiger partial charge in [0.15, 0.2) is 0 Å². The molecule has 1 heterocycles. The van der Waals surface area contributed by atoms with Crippen LogP contribution in [0.15, 0.2) is 54.2 Å². The number of nitrogens with one attached hydrogen (secondary N) is 1. The number of hydrogen-bond acceptors (Lipinski definition) is 3. The first-order valence-electron chi connectivity index (χ1n) is 7.31. The van der Waals surface area contributed by atoms with Crippen LogP contribution < -0.4 is 10.1 Å². The van der Waals surface area contributed by atoms with Crippen molar-refractivity contribution in [1.82, 2.24) is 10.2 Å². The van der Waals surface area contributed by atoms with Crippen molar-refractivity contribution in [3.05, 3.63) is 71.2 Å². The fourth-order valence-electron chi connectivity index (χ4n) is 2.26. The number of benzene rings is 2. The van der Waals surface area contributed by atoms with Crippen LogP contribution in [0.3, 0.4) is 0 Å². The molecule has 5 nitrogen and oxygen atoms in total. The molecule has 3 amide bonds. The van der Waals surface area contributed by atoms with E-state index in [1.807, 2.05) is 0 Å². The Hall–Kier alpha value is -3.15. The lowest BCUT2D eigenvalue weighted by Gasteiger charge is -2.08. The second-order valence-electron chi connectivity index (χ2n) is 5.30. The molecule has 0 bridgehead atoms. The maximum Gasteiger partial charge on any atom is 0.328 e. The molecule has 1 saturated heterocycles. The van der Waals surface area contributed by atoms with E-state index in [1.54, 1.807) is 48.5 Å². The smallest absolute Gasteiger partial charge is 0.328 e. The summed E-state index contributed by atoms with van der Waals surface area (Å²) >= 11 is 0. The van der Waals surface area contributed by atoms with Crippen LogP contribution in [-0.4, -0.2) is 23.9 Å². The summed E-state index contributed by atoms with van der Waals surface area (Å²) in [6.07, 6.45) is 1.57. The molecule has 0 aromatic heterocycles. The molecule has 1 fully saturated rings. The molecule has 6 heteroatoms. The lowest BCUT2D eigenvalue weighted by atomic mass is 10.1. The summed E-state index contributed by atoms with van der Waals surface area (Å²) in [6, 6.07) is 12.9. The largest absolute Gasteiger partial charge is 0.489 e. The van der Waals surface area contributed by atoms with Gasteiger partial charge in [-0.25, -0.2) is 9.18 Å². The number of halogens is 1. The van der Waals surface area contributed by atoms with Crippen LogP contribution in [0.2, 0.25) is 0 Å². The Labute approximate surface area is 138 Å². The first-order chi connectivity index (χ1) is 11.5. The molecule has 0 atom stereocenters. The molecule has 0 radical (unpaired) electrons. The summed E-state index contributed by atoms with van der Waals surface area (Å²) in [4.78, 5) is 24.3. The summed E-state index contributed by atoms with van der Waals surface area (Å²) in [5.41, 5.74) is 1.36. The minimum absolute atomic E-state index is 0.102. The van der Waals surface area contributed by atoms with Crippen molar-refractivity contribution in [3.63, 3.8) is 0 Å². The SMILES string of the molecule is CN1C(=O)N/C(=C/c2cccc(OCc3ccccc3F)c2)C1=O. The Morgan fingerprint density at radius 1 is 1.17 bits per heavy atom. The van der Waals surface area contributed by atoms with Gasteiger partial charge in [-0.2, -0.15) is 0 Å². The van der Waals surface area contributed by atoms with Crippen molar-refractivity contribution >= 4 is 18.0 Å². The Morgan fingerprint density at radius 2 is 1.96 bits per heavy atom. The van der Waals surface area contributed by atoms with E-state index in [2.05, 4.69) is 5.32 Å². The number of amides is 3. The molecule has 122 valence electrons. The molecule has 1 N–H and O–H groups in total. The van der Waals surface area contributed by atoms with Crippen molar-refractivity contribution in [3.8, 4) is 5.75 Å². The van der Waals surface area contributed by atoms with Crippen LogP contribution in [0.4, 0.5) is 9.18 Å². The Kier molecular flexibility index (Phi) is 4.29. The molecule has 1 aliphatic heterocycles. The number of imide groups is 1. The fraction of sp³-hybridized carbons (Fsp3) is 0.111. The fourth-order valence-corrected chi connectivity index (χ4v) is 2.26.